The average molecular weight is 902 g/mol. The number of carboxylic acid groups (broad SMARTS) is 1. The molecule has 0 amide bonds. The molecule has 0 aliphatic carbocycles. The number of halogens is 1. The van der Waals surface area contributed by atoms with Crippen LogP contribution in [0.15, 0.2) is 164 Å². The Balaban J connectivity index is 0.000000184. The highest BCUT2D eigenvalue weighted by Gasteiger charge is 2.12. The maximum Gasteiger partial charge on any atom is 0.341 e. The zero-order valence-electron chi connectivity index (χ0n) is 35.7. The molecule has 12 heteroatoms. The summed E-state index contributed by atoms with van der Waals surface area (Å²) in [5.74, 6) is 4.54. The van der Waals surface area contributed by atoms with Gasteiger partial charge in [-0.3, -0.25) is 0 Å². The highest BCUT2D eigenvalue weighted by molar-refractivity contribution is 9.09. The first-order valence-corrected chi connectivity index (χ1v) is 21.4. The minimum absolute atomic E-state index is 0.288. The number of carbonyl (C=O) groups is 1. The fraction of sp³-hybridized carbons (Fsp3) is 0.220. The van der Waals surface area contributed by atoms with E-state index in [9.17, 15) is 4.79 Å². The molecule has 0 radical (unpaired) electrons. The van der Waals surface area contributed by atoms with Crippen LogP contribution < -0.4 is 25.7 Å². The van der Waals surface area contributed by atoms with Gasteiger partial charge in [0.2, 0.25) is 0 Å². The maximum atomic E-state index is 10.0. The van der Waals surface area contributed by atoms with Crippen molar-refractivity contribution in [1.82, 2.24) is 19.5 Å². The summed E-state index contributed by atoms with van der Waals surface area (Å²) < 4.78 is 18.6. The topological polar surface area (TPSA) is 164 Å². The number of hydrogen-bond donors (Lipinski definition) is 4. The lowest BCUT2D eigenvalue weighted by Crippen LogP contribution is -2.10. The number of carboxylic acids is 1. The van der Waals surface area contributed by atoms with Crippen molar-refractivity contribution in [2.24, 2.45) is 11.8 Å². The van der Waals surface area contributed by atoms with Gasteiger partial charge < -0.3 is 40.3 Å². The molecule has 62 heavy (non-hydrogen) atoms. The summed E-state index contributed by atoms with van der Waals surface area (Å²) in [5, 5.41) is 9.37. The Hall–Kier alpha value is -6.79. The lowest BCUT2D eigenvalue weighted by molar-refractivity contribution is -0.139. The number of anilines is 2. The van der Waals surface area contributed by atoms with Gasteiger partial charge in [0.25, 0.3) is 0 Å². The Morgan fingerprint density at radius 3 is 1.55 bits per heavy atom. The average Bonchev–Trinajstić information content (AvgIpc) is 3.87. The van der Waals surface area contributed by atoms with E-state index >= 15 is 0 Å². The van der Waals surface area contributed by atoms with Crippen LogP contribution in [-0.2, 0) is 24.6 Å². The van der Waals surface area contributed by atoms with Gasteiger partial charge in [-0.2, -0.15) is 0 Å². The number of aromatic amines is 1. The van der Waals surface area contributed by atoms with E-state index in [0.29, 0.717) is 36.3 Å². The van der Waals surface area contributed by atoms with E-state index in [1.165, 1.54) is 5.52 Å². The number of para-hydroxylation sites is 9. The van der Waals surface area contributed by atoms with Crippen LogP contribution in [0.5, 0.6) is 17.2 Å². The van der Waals surface area contributed by atoms with Gasteiger partial charge >= 0.3 is 5.97 Å². The van der Waals surface area contributed by atoms with Crippen molar-refractivity contribution in [2.45, 2.75) is 47.5 Å². The van der Waals surface area contributed by atoms with Crippen molar-refractivity contribution in [3.05, 3.63) is 175 Å². The quantitative estimate of drug-likeness (QED) is 0.0690. The van der Waals surface area contributed by atoms with Crippen molar-refractivity contribution in [1.29, 1.82) is 0 Å². The second-order valence-corrected chi connectivity index (χ2v) is 15.2. The van der Waals surface area contributed by atoms with Crippen LogP contribution in [0.1, 0.15) is 39.3 Å². The molecule has 8 rings (SSSR count). The van der Waals surface area contributed by atoms with Gasteiger partial charge in [-0.1, -0.05) is 135 Å². The minimum atomic E-state index is -0.964. The summed E-state index contributed by atoms with van der Waals surface area (Å²) in [7, 11) is 0. The standard InChI is InChI=1S/C18H20N2O.C14H12N2O.C8H8O3.C6H8N2.C4H9Br/c1-14(2)12-20-17-11-7-6-10-16(17)19-18(20)13-21-15-8-4-3-5-9-15;1-2-6-11(7-3-1)17-10-14-15-12-8-4-5-9-13(12)16-14;9-8(10)6-11-7-4-2-1-3-5-7;7-5-3-1-2-4-6(5)8;1-4(2)3-5/h3-11,14H,12-13H2,1-2H3;1-9H,10H2,(H,15,16);1-5H,6H2,(H,9,10);1-4H,7-8H2;4H,3H2,1-2H3. The number of imidazole rings is 2. The molecule has 0 fully saturated rings. The zero-order valence-corrected chi connectivity index (χ0v) is 37.3. The smallest absolute Gasteiger partial charge is 0.341 e. The number of nitrogens with one attached hydrogen (secondary N) is 1. The number of aromatic nitrogens is 4. The number of fused-ring (bicyclic) bond motifs is 2. The fourth-order valence-electron chi connectivity index (χ4n) is 5.38. The minimum Gasteiger partial charge on any atom is -0.486 e. The van der Waals surface area contributed by atoms with Crippen LogP contribution in [0.2, 0.25) is 0 Å². The van der Waals surface area contributed by atoms with E-state index in [0.717, 1.165) is 57.5 Å². The summed E-state index contributed by atoms with van der Waals surface area (Å²) in [4.78, 5) is 22.4. The molecule has 6 N–H and O–H groups in total. The van der Waals surface area contributed by atoms with Crippen LogP contribution in [-0.4, -0.2) is 42.5 Å². The van der Waals surface area contributed by atoms with E-state index in [2.05, 4.69) is 76.4 Å². The number of ether oxygens (including phenoxy) is 3. The van der Waals surface area contributed by atoms with Crippen molar-refractivity contribution in [3.8, 4) is 17.2 Å². The number of benzene rings is 6. The molecule has 2 aromatic heterocycles. The first-order valence-electron chi connectivity index (χ1n) is 20.3. The number of H-pyrrole nitrogens is 1. The molecule has 0 bridgehead atoms. The van der Waals surface area contributed by atoms with Crippen LogP contribution in [0.3, 0.4) is 0 Å². The first kappa shape index (κ1) is 47.9. The summed E-state index contributed by atoms with van der Waals surface area (Å²) in [6, 6.07) is 51.9. The molecule has 0 spiro atoms. The Morgan fingerprint density at radius 2 is 1.06 bits per heavy atom. The van der Waals surface area contributed by atoms with Gasteiger partial charge in [-0.15, -0.1) is 0 Å². The van der Waals surface area contributed by atoms with Gasteiger partial charge in [-0.05, 0) is 84.6 Å². The zero-order chi connectivity index (χ0) is 44.5. The molecule has 0 aliphatic rings. The number of hydrogen-bond acceptors (Lipinski definition) is 8. The number of nitrogen functional groups attached to an aromatic ring is 2. The number of nitrogens with zero attached hydrogens (tertiary/aromatic N) is 3. The molecule has 324 valence electrons. The second-order valence-electron chi connectivity index (χ2n) is 14.6. The van der Waals surface area contributed by atoms with Gasteiger partial charge in [-0.25, -0.2) is 14.8 Å². The fourth-order valence-corrected chi connectivity index (χ4v) is 5.38. The predicted octanol–water partition coefficient (Wildman–Crippen LogP) is 11.5. The summed E-state index contributed by atoms with van der Waals surface area (Å²) in [6.07, 6.45) is 0. The number of rotatable bonds is 12. The summed E-state index contributed by atoms with van der Waals surface area (Å²) in [5.41, 5.74) is 16.3. The molecule has 2 heterocycles. The van der Waals surface area contributed by atoms with Crippen LogP contribution in [0.4, 0.5) is 11.4 Å². The molecule has 6 aromatic carbocycles. The summed E-state index contributed by atoms with van der Waals surface area (Å²) in [6.45, 7) is 10.4. The van der Waals surface area contributed by atoms with E-state index < -0.39 is 5.97 Å². The van der Waals surface area contributed by atoms with Gasteiger partial charge in [0, 0.05) is 11.9 Å². The van der Waals surface area contributed by atoms with Gasteiger partial charge in [0.1, 0.15) is 42.1 Å². The predicted molar refractivity (Wildman–Crippen MR) is 256 cm³/mol. The third-order valence-corrected chi connectivity index (χ3v) is 9.65. The highest BCUT2D eigenvalue weighted by Crippen LogP contribution is 2.20. The molecule has 0 unspecified atom stereocenters. The first-order chi connectivity index (χ1) is 30.0. The van der Waals surface area contributed by atoms with Crippen molar-refractivity contribution >= 4 is 55.3 Å². The molecule has 0 atom stereocenters. The Morgan fingerprint density at radius 1 is 0.613 bits per heavy atom. The molecule has 8 aromatic rings. The Kier molecular flexibility index (Phi) is 20.4. The van der Waals surface area contributed by atoms with E-state index in [1.807, 2.05) is 109 Å². The second kappa shape index (κ2) is 26.4. The monoisotopic (exact) mass is 900 g/mol. The van der Waals surface area contributed by atoms with Gasteiger partial charge in [0.05, 0.1) is 33.4 Å². The number of alkyl halides is 1. The molecular weight excluding hydrogens is 844 g/mol. The van der Waals surface area contributed by atoms with Crippen molar-refractivity contribution in [2.75, 3.05) is 23.4 Å². The van der Waals surface area contributed by atoms with E-state index in [4.69, 9.17) is 35.8 Å². The normalized spacial score (nSPS) is 10.2. The van der Waals surface area contributed by atoms with Crippen LogP contribution in [0.25, 0.3) is 22.1 Å². The maximum absolute atomic E-state index is 10.0. The third-order valence-electron chi connectivity index (χ3n) is 8.36. The molecule has 11 nitrogen and oxygen atoms in total. The highest BCUT2D eigenvalue weighted by atomic mass is 79.9. The molecule has 0 saturated carbocycles. The Labute approximate surface area is 372 Å². The Bertz CT molecular complexity index is 2410. The van der Waals surface area contributed by atoms with Crippen LogP contribution in [0, 0.1) is 11.8 Å². The van der Waals surface area contributed by atoms with Gasteiger partial charge in [0.15, 0.2) is 6.61 Å². The lowest BCUT2D eigenvalue weighted by Gasteiger charge is -2.12. The number of nitrogens with two attached hydrogens (primary N) is 2. The van der Waals surface area contributed by atoms with Crippen molar-refractivity contribution in [3.63, 3.8) is 0 Å². The summed E-state index contributed by atoms with van der Waals surface area (Å²) >= 11 is 3.31. The van der Waals surface area contributed by atoms with E-state index in [1.54, 1.807) is 36.4 Å². The van der Waals surface area contributed by atoms with Crippen molar-refractivity contribution < 1.29 is 24.1 Å². The van der Waals surface area contributed by atoms with E-state index in [-0.39, 0.29) is 6.61 Å². The SMILES string of the molecule is CC(C)CBr.CC(C)Cn1c(COc2ccccc2)nc2ccccc21.Nc1ccccc1N.O=C(O)COc1ccccc1.c1ccc(OCc2nc3ccccc3[nH]2)cc1. The number of aliphatic carboxylic acids is 1. The molecule has 0 aliphatic heterocycles. The van der Waals surface area contributed by atoms with Crippen LogP contribution >= 0.6 is 15.9 Å². The third kappa shape index (κ3) is 17.4. The largest absolute Gasteiger partial charge is 0.486 e. The molecule has 0 saturated heterocycles. The lowest BCUT2D eigenvalue weighted by atomic mass is 10.2. The molecular formula is C50H57BrN6O5.